The largest absolute Gasteiger partial charge is 0.396 e. The van der Waals surface area contributed by atoms with E-state index in [0.29, 0.717) is 13.1 Å². The van der Waals surface area contributed by atoms with Gasteiger partial charge in [0.2, 0.25) is 10.0 Å². The monoisotopic (exact) mass is 379 g/mol. The maximum Gasteiger partial charge on any atom is 0.244 e. The molecule has 5 nitrogen and oxygen atoms in total. The lowest BCUT2D eigenvalue weighted by atomic mass is 10.2. The predicted octanol–water partition coefficient (Wildman–Crippen LogP) is 1.89. The van der Waals surface area contributed by atoms with Crippen LogP contribution in [0.2, 0.25) is 0 Å². The van der Waals surface area contributed by atoms with Crippen molar-refractivity contribution in [2.24, 2.45) is 0 Å². The molecule has 0 aromatic heterocycles. The van der Waals surface area contributed by atoms with Crippen LogP contribution in [-0.4, -0.2) is 50.8 Å². The van der Waals surface area contributed by atoms with Gasteiger partial charge >= 0.3 is 0 Å². The van der Waals surface area contributed by atoms with Gasteiger partial charge in [-0.2, -0.15) is 4.31 Å². The van der Waals surface area contributed by atoms with Crippen molar-refractivity contribution in [3.05, 3.63) is 22.4 Å². The summed E-state index contributed by atoms with van der Waals surface area (Å²) in [7, 11) is 0.133. The van der Waals surface area contributed by atoms with Crippen molar-refractivity contribution >= 4 is 31.6 Å². The van der Waals surface area contributed by atoms with Crippen LogP contribution in [0.25, 0.3) is 0 Å². The summed E-state index contributed by atoms with van der Waals surface area (Å²) < 4.78 is 40.7. The summed E-state index contributed by atoms with van der Waals surface area (Å²) in [4.78, 5) is 1.99. The van der Waals surface area contributed by atoms with Gasteiger partial charge < -0.3 is 10.6 Å². The number of hydrogen-bond acceptors (Lipinski definition) is 4. The third-order valence-corrected chi connectivity index (χ3v) is 6.45. The van der Waals surface area contributed by atoms with Gasteiger partial charge in [0.05, 0.1) is 10.6 Å². The molecule has 0 amide bonds. The minimum atomic E-state index is -3.69. The molecule has 1 aliphatic rings. The zero-order valence-electron chi connectivity index (χ0n) is 12.0. The minimum Gasteiger partial charge on any atom is -0.396 e. The number of sulfonamides is 1. The summed E-state index contributed by atoms with van der Waals surface area (Å²) in [5.41, 5.74) is 5.35. The van der Waals surface area contributed by atoms with Crippen LogP contribution in [0, 0.1) is 5.82 Å². The molecule has 2 N–H and O–H groups in total. The molecule has 1 aliphatic heterocycles. The second-order valence-electron chi connectivity index (χ2n) is 5.48. The molecule has 1 aromatic rings. The first-order valence-electron chi connectivity index (χ1n) is 6.64. The molecule has 0 aliphatic carbocycles. The van der Waals surface area contributed by atoms with Gasteiger partial charge in [-0.1, -0.05) is 0 Å². The van der Waals surface area contributed by atoms with Crippen molar-refractivity contribution in [3.63, 3.8) is 0 Å². The summed E-state index contributed by atoms with van der Waals surface area (Å²) >= 11 is 3.12. The van der Waals surface area contributed by atoms with Crippen LogP contribution < -0.4 is 5.73 Å². The van der Waals surface area contributed by atoms with E-state index in [1.54, 1.807) is 0 Å². The standard InChI is InChI=1S/C13H19BrFN3O2S/c1-17(2)8-9-4-3-5-18(9)21(19,20)13-7-12(16)11(15)6-10(13)14/h6-7,9H,3-5,8,16H2,1-2H3. The fraction of sp³-hybridized carbons (Fsp3) is 0.538. The van der Waals surface area contributed by atoms with Crippen LogP contribution in [-0.2, 0) is 10.0 Å². The number of benzene rings is 1. The Kier molecular flexibility index (Phi) is 4.92. The molecular weight excluding hydrogens is 361 g/mol. The number of nitrogen functional groups attached to an aromatic ring is 1. The maximum atomic E-state index is 13.4. The van der Waals surface area contributed by atoms with E-state index in [0.717, 1.165) is 18.9 Å². The van der Waals surface area contributed by atoms with E-state index in [4.69, 9.17) is 5.73 Å². The minimum absolute atomic E-state index is 0.0204. The Labute approximate surface area is 133 Å². The fourth-order valence-electron chi connectivity index (χ4n) is 2.60. The quantitative estimate of drug-likeness (QED) is 0.811. The molecular formula is C13H19BrFN3O2S. The highest BCUT2D eigenvalue weighted by molar-refractivity contribution is 9.10. The number of hydrogen-bond donors (Lipinski definition) is 1. The predicted molar refractivity (Wildman–Crippen MR) is 84.0 cm³/mol. The van der Waals surface area contributed by atoms with Gasteiger partial charge in [0.1, 0.15) is 5.82 Å². The molecule has 0 spiro atoms. The Morgan fingerprint density at radius 3 is 2.76 bits per heavy atom. The lowest BCUT2D eigenvalue weighted by molar-refractivity contribution is 0.291. The first-order chi connectivity index (χ1) is 9.73. The lowest BCUT2D eigenvalue weighted by Crippen LogP contribution is -2.41. The van der Waals surface area contributed by atoms with Gasteiger partial charge in [-0.3, -0.25) is 0 Å². The molecule has 1 atom stereocenters. The van der Waals surface area contributed by atoms with Crippen LogP contribution in [0.1, 0.15) is 12.8 Å². The van der Waals surface area contributed by atoms with Crippen LogP contribution >= 0.6 is 15.9 Å². The number of halogens is 2. The summed E-state index contributed by atoms with van der Waals surface area (Å²) in [5.74, 6) is -0.632. The van der Waals surface area contributed by atoms with Gasteiger partial charge in [-0.15, -0.1) is 0 Å². The normalized spacial score (nSPS) is 20.3. The zero-order chi connectivity index (χ0) is 15.8. The Morgan fingerprint density at radius 1 is 1.48 bits per heavy atom. The number of likely N-dealkylation sites (N-methyl/N-ethyl adjacent to an activating group) is 1. The highest BCUT2D eigenvalue weighted by Crippen LogP contribution is 2.32. The highest BCUT2D eigenvalue weighted by Gasteiger charge is 2.36. The molecule has 118 valence electrons. The summed E-state index contributed by atoms with van der Waals surface area (Å²) in [6.07, 6.45) is 1.65. The molecule has 8 heteroatoms. The van der Waals surface area contributed by atoms with E-state index in [1.165, 1.54) is 10.4 Å². The molecule has 1 aromatic carbocycles. The van der Waals surface area contributed by atoms with Crippen molar-refractivity contribution in [1.82, 2.24) is 9.21 Å². The lowest BCUT2D eigenvalue weighted by Gasteiger charge is -2.27. The second kappa shape index (κ2) is 6.20. The zero-order valence-corrected chi connectivity index (χ0v) is 14.4. The van der Waals surface area contributed by atoms with Crippen LogP contribution in [0.3, 0.4) is 0 Å². The average molecular weight is 380 g/mol. The van der Waals surface area contributed by atoms with Crippen molar-refractivity contribution in [2.45, 2.75) is 23.8 Å². The molecule has 0 radical (unpaired) electrons. The van der Waals surface area contributed by atoms with Gasteiger partial charge in [0, 0.05) is 23.6 Å². The first-order valence-corrected chi connectivity index (χ1v) is 8.88. The van der Waals surface area contributed by atoms with Crippen molar-refractivity contribution in [2.75, 3.05) is 32.9 Å². The van der Waals surface area contributed by atoms with E-state index in [-0.39, 0.29) is 21.1 Å². The Morgan fingerprint density at radius 2 is 2.14 bits per heavy atom. The maximum absolute atomic E-state index is 13.4. The molecule has 1 heterocycles. The van der Waals surface area contributed by atoms with Crippen LogP contribution in [0.4, 0.5) is 10.1 Å². The van der Waals surface area contributed by atoms with Gasteiger partial charge in [-0.05, 0) is 55.0 Å². The third kappa shape index (κ3) is 3.39. The summed E-state index contributed by atoms with van der Waals surface area (Å²) in [6, 6.07) is 2.21. The number of rotatable bonds is 4. The third-order valence-electron chi connectivity index (χ3n) is 3.54. The first kappa shape index (κ1) is 16.7. The molecule has 2 rings (SSSR count). The van der Waals surface area contributed by atoms with Crippen LogP contribution in [0.15, 0.2) is 21.5 Å². The van der Waals surface area contributed by atoms with Gasteiger partial charge in [-0.25, -0.2) is 12.8 Å². The molecule has 0 bridgehead atoms. The van der Waals surface area contributed by atoms with Crippen LogP contribution in [0.5, 0.6) is 0 Å². The van der Waals surface area contributed by atoms with E-state index < -0.39 is 15.8 Å². The van der Waals surface area contributed by atoms with E-state index >= 15 is 0 Å². The molecule has 1 unspecified atom stereocenters. The molecule has 0 saturated carbocycles. The average Bonchev–Trinajstić information content (AvgIpc) is 2.81. The second-order valence-corrected chi connectivity index (χ2v) is 8.19. The SMILES string of the molecule is CN(C)CC1CCCN1S(=O)(=O)c1cc(N)c(F)cc1Br. The number of nitrogens with two attached hydrogens (primary N) is 1. The fourth-order valence-corrected chi connectivity index (χ4v) is 5.30. The summed E-state index contributed by atoms with van der Waals surface area (Å²) in [5, 5.41) is 0. The molecule has 1 fully saturated rings. The molecule has 1 saturated heterocycles. The van der Waals surface area contributed by atoms with Crippen molar-refractivity contribution < 1.29 is 12.8 Å². The Hall–Kier alpha value is -0.700. The topological polar surface area (TPSA) is 66.6 Å². The van der Waals surface area contributed by atoms with E-state index in [2.05, 4.69) is 15.9 Å². The van der Waals surface area contributed by atoms with Crippen molar-refractivity contribution in [1.29, 1.82) is 0 Å². The molecule has 21 heavy (non-hydrogen) atoms. The number of nitrogens with zero attached hydrogens (tertiary/aromatic N) is 2. The highest BCUT2D eigenvalue weighted by atomic mass is 79.9. The summed E-state index contributed by atoms with van der Waals surface area (Å²) in [6.45, 7) is 1.14. The van der Waals surface area contributed by atoms with E-state index in [9.17, 15) is 12.8 Å². The van der Waals surface area contributed by atoms with Gasteiger partial charge in [0.15, 0.2) is 0 Å². The Balaban J connectivity index is 2.40. The Bertz CT molecular complexity index is 637. The van der Waals surface area contributed by atoms with E-state index in [1.807, 2.05) is 19.0 Å². The van der Waals surface area contributed by atoms with Gasteiger partial charge in [0.25, 0.3) is 0 Å². The number of anilines is 1. The smallest absolute Gasteiger partial charge is 0.244 e. The van der Waals surface area contributed by atoms with Crippen molar-refractivity contribution in [3.8, 4) is 0 Å².